The van der Waals surface area contributed by atoms with Gasteiger partial charge >= 0.3 is 0 Å². The first-order chi connectivity index (χ1) is 43.9. The van der Waals surface area contributed by atoms with Crippen LogP contribution in [0.5, 0.6) is 0 Å². The largest absolute Gasteiger partial charge is 0.309 e. The van der Waals surface area contributed by atoms with Gasteiger partial charge in [0.15, 0.2) is 0 Å². The summed E-state index contributed by atoms with van der Waals surface area (Å²) in [5, 5.41) is 15.1. The zero-order chi connectivity index (χ0) is 59.8. The molecule has 0 unspecified atom stereocenters. The van der Waals surface area contributed by atoms with Gasteiger partial charge in [-0.1, -0.05) is 223 Å². The summed E-state index contributed by atoms with van der Waals surface area (Å²) in [4.78, 5) is 21.3. The molecule has 6 nitrogen and oxygen atoms in total. The fourth-order valence-corrected chi connectivity index (χ4v) is 12.7. The van der Waals surface area contributed by atoms with Gasteiger partial charge in [-0.3, -0.25) is 4.98 Å². The van der Waals surface area contributed by atoms with Crippen LogP contribution in [0.4, 0.5) is 0 Å². The van der Waals surface area contributed by atoms with Gasteiger partial charge < -0.3 is 4.57 Å². The zero-order valence-corrected chi connectivity index (χ0v) is 49.1. The van der Waals surface area contributed by atoms with E-state index >= 15 is 0 Å². The summed E-state index contributed by atoms with van der Waals surface area (Å²) in [6, 6.07) is 105. The number of fused-ring (bicyclic) bond motifs is 3. The summed E-state index contributed by atoms with van der Waals surface area (Å²) in [5.41, 5.74) is 24.9. The van der Waals surface area contributed by atoms with Crippen molar-refractivity contribution in [3.05, 3.63) is 320 Å². The zero-order valence-electron chi connectivity index (χ0n) is 49.1. The fraction of sp³-hybridized carbons (Fsp3) is 0.0241. The van der Waals surface area contributed by atoms with Crippen LogP contribution in [0.2, 0.25) is 0 Å². The lowest BCUT2D eigenvalue weighted by Crippen LogP contribution is -2.05. The average molecular weight is 1140 g/mol. The first-order valence-corrected chi connectivity index (χ1v) is 30.0. The molecule has 5 heterocycles. The second-order valence-corrected chi connectivity index (χ2v) is 22.6. The molecule has 418 valence electrons. The van der Waals surface area contributed by atoms with E-state index in [1.165, 1.54) is 21.9 Å². The van der Waals surface area contributed by atoms with Gasteiger partial charge in [0.05, 0.1) is 50.8 Å². The van der Waals surface area contributed by atoms with Crippen molar-refractivity contribution >= 4 is 21.8 Å². The molecule has 89 heavy (non-hydrogen) atoms. The van der Waals surface area contributed by atoms with E-state index in [9.17, 15) is 5.26 Å². The highest BCUT2D eigenvalue weighted by Crippen LogP contribution is 2.55. The van der Waals surface area contributed by atoms with Crippen LogP contribution in [0, 0.1) is 25.2 Å². The van der Waals surface area contributed by atoms with Crippen LogP contribution >= 0.6 is 0 Å². The average Bonchev–Trinajstić information content (AvgIpc) is 0.976. The number of aryl methyl sites for hydroxylation is 2. The summed E-state index contributed by atoms with van der Waals surface area (Å²) >= 11 is 0. The number of benzene rings is 10. The molecule has 0 aliphatic heterocycles. The molecule has 0 atom stereocenters. The van der Waals surface area contributed by atoms with E-state index in [1.807, 2.05) is 79.1 Å². The molecular weight excluding hydrogens is 1080 g/mol. The van der Waals surface area contributed by atoms with E-state index in [-0.39, 0.29) is 0 Å². The van der Waals surface area contributed by atoms with E-state index in [1.54, 1.807) is 0 Å². The van der Waals surface area contributed by atoms with Crippen molar-refractivity contribution in [3.63, 3.8) is 0 Å². The lowest BCUT2D eigenvalue weighted by atomic mass is 9.75. The Morgan fingerprint density at radius 1 is 0.292 bits per heavy atom. The summed E-state index contributed by atoms with van der Waals surface area (Å²) in [7, 11) is 0. The molecule has 0 bridgehead atoms. The van der Waals surface area contributed by atoms with E-state index in [0.717, 1.165) is 140 Å². The number of nitrogens with zero attached hydrogens (tertiary/aromatic N) is 6. The van der Waals surface area contributed by atoms with Gasteiger partial charge in [0.2, 0.25) is 0 Å². The van der Waals surface area contributed by atoms with Crippen LogP contribution in [0.3, 0.4) is 0 Å². The Balaban J connectivity index is 1.15. The third kappa shape index (κ3) is 10.2. The highest BCUT2D eigenvalue weighted by molar-refractivity contribution is 6.13. The summed E-state index contributed by atoms with van der Waals surface area (Å²) in [5.74, 6) is 0. The van der Waals surface area contributed by atoms with Crippen LogP contribution < -0.4 is 0 Å². The van der Waals surface area contributed by atoms with Gasteiger partial charge in [-0.15, -0.1) is 0 Å². The van der Waals surface area contributed by atoms with Crippen molar-refractivity contribution in [1.29, 1.82) is 5.26 Å². The number of nitriles is 1. The SMILES string of the molecule is Cc1ccc2c(c1)c1cc(C)ccc1n2-c1ccc(-c2c(C#N)c(-c3cc(-c4ccccc4)nc(-c4ccccc4)c3)c(-c3cc(-c4ccccc4)nc(-c4ccccc4)c3)c(-c3cc(-c4ccccc4)nc(-c4ccccc4)c3)c2-c2cccnc2)cc1. The second kappa shape index (κ2) is 23.2. The third-order valence-electron chi connectivity index (χ3n) is 16.8. The van der Waals surface area contributed by atoms with Gasteiger partial charge in [0, 0.05) is 84.5 Å². The van der Waals surface area contributed by atoms with Crippen molar-refractivity contribution in [1.82, 2.24) is 24.5 Å². The first kappa shape index (κ1) is 53.8. The van der Waals surface area contributed by atoms with Crippen LogP contribution in [0.25, 0.3) is 151 Å². The maximum atomic E-state index is 12.7. The molecular formula is C83H56N6. The number of aromatic nitrogens is 5. The van der Waals surface area contributed by atoms with Gasteiger partial charge in [0.25, 0.3) is 0 Å². The molecule has 15 rings (SSSR count). The summed E-state index contributed by atoms with van der Waals surface area (Å²) in [6.45, 7) is 4.31. The maximum Gasteiger partial charge on any atom is 0.100 e. The quantitative estimate of drug-likeness (QED) is 0.122. The predicted molar refractivity (Wildman–Crippen MR) is 366 cm³/mol. The minimum atomic E-state index is 0.488. The summed E-state index contributed by atoms with van der Waals surface area (Å²) in [6.07, 6.45) is 3.75. The van der Waals surface area contributed by atoms with Crippen LogP contribution in [-0.2, 0) is 0 Å². The minimum Gasteiger partial charge on any atom is -0.309 e. The smallest absolute Gasteiger partial charge is 0.100 e. The highest BCUT2D eigenvalue weighted by atomic mass is 15.0. The van der Waals surface area contributed by atoms with Gasteiger partial charge in [-0.2, -0.15) is 5.26 Å². The number of hydrogen-bond acceptors (Lipinski definition) is 5. The molecule has 0 saturated heterocycles. The Labute approximate surface area is 517 Å². The summed E-state index contributed by atoms with van der Waals surface area (Å²) < 4.78 is 2.36. The van der Waals surface area contributed by atoms with Crippen LogP contribution in [0.15, 0.2) is 304 Å². The molecule has 0 aliphatic carbocycles. The number of rotatable bonds is 12. The highest BCUT2D eigenvalue weighted by Gasteiger charge is 2.31. The Morgan fingerprint density at radius 3 is 0.944 bits per heavy atom. The Bertz CT molecular complexity index is 4930. The second-order valence-electron chi connectivity index (χ2n) is 22.6. The predicted octanol–water partition coefficient (Wildman–Crippen LogP) is 21.2. The topological polar surface area (TPSA) is 80.3 Å². The molecule has 0 N–H and O–H groups in total. The van der Waals surface area contributed by atoms with E-state index < -0.39 is 0 Å². The molecule has 0 fully saturated rings. The van der Waals surface area contributed by atoms with Crippen molar-refractivity contribution in [2.24, 2.45) is 0 Å². The molecule has 10 aromatic carbocycles. The maximum absolute atomic E-state index is 12.7. The van der Waals surface area contributed by atoms with Crippen molar-refractivity contribution in [2.75, 3.05) is 0 Å². The number of pyridine rings is 4. The van der Waals surface area contributed by atoms with Crippen molar-refractivity contribution < 1.29 is 0 Å². The van der Waals surface area contributed by atoms with Crippen molar-refractivity contribution in [3.8, 4) is 135 Å². The van der Waals surface area contributed by atoms with Crippen LogP contribution in [-0.4, -0.2) is 24.5 Å². The van der Waals surface area contributed by atoms with Crippen LogP contribution in [0.1, 0.15) is 16.7 Å². The lowest BCUT2D eigenvalue weighted by Gasteiger charge is -2.27. The monoisotopic (exact) mass is 1140 g/mol. The van der Waals surface area contributed by atoms with Gasteiger partial charge in [-0.05, 0) is 126 Å². The van der Waals surface area contributed by atoms with Gasteiger partial charge in [0.1, 0.15) is 6.07 Å². The van der Waals surface area contributed by atoms with E-state index in [4.69, 9.17) is 19.9 Å². The molecule has 0 aliphatic rings. The Hall–Kier alpha value is -11.9. The molecule has 0 radical (unpaired) electrons. The molecule has 0 saturated carbocycles. The standard InChI is InChI=1S/C83H56N6/c1-54-35-41-77-68(44-54)69-45-55(2)36-42-78(69)89(77)67-39-37-62(38-40-67)79-70(52-84)80(64-46-71(56-22-9-3-10-23-56)86-72(47-64)57-24-11-4-12-25-57)82(65-48-73(58-26-13-5-14-27-58)87-74(49-65)59-28-15-6-16-29-59)83(81(79)63-34-21-43-85-53-63)66-50-75(60-30-17-7-18-31-60)88-76(51-66)61-32-19-8-20-33-61/h3-51,53H,1-2H3. The minimum absolute atomic E-state index is 0.488. The Kier molecular flexibility index (Phi) is 14.0. The normalized spacial score (nSPS) is 11.2. The van der Waals surface area contributed by atoms with Gasteiger partial charge in [-0.25, -0.2) is 15.0 Å². The molecule has 0 spiro atoms. The van der Waals surface area contributed by atoms with Crippen molar-refractivity contribution in [2.45, 2.75) is 13.8 Å². The molecule has 6 heteroatoms. The molecule has 15 aromatic rings. The number of hydrogen-bond donors (Lipinski definition) is 0. The molecule has 0 amide bonds. The third-order valence-corrected chi connectivity index (χ3v) is 16.8. The van der Waals surface area contributed by atoms with E-state index in [0.29, 0.717) is 5.56 Å². The fourth-order valence-electron chi connectivity index (χ4n) is 12.7. The van der Waals surface area contributed by atoms with E-state index in [2.05, 4.69) is 249 Å². The first-order valence-electron chi connectivity index (χ1n) is 30.0. The Morgan fingerprint density at radius 2 is 0.607 bits per heavy atom. The molecule has 5 aromatic heterocycles. The lowest BCUT2D eigenvalue weighted by molar-refractivity contribution is 1.18.